The third-order valence-corrected chi connectivity index (χ3v) is 3.53. The zero-order valence-corrected chi connectivity index (χ0v) is 14.3. The van der Waals surface area contributed by atoms with Crippen LogP contribution >= 0.6 is 0 Å². The Labute approximate surface area is 137 Å². The molecule has 1 N–H and O–H groups in total. The standard InChI is InChI=1S/C20H34O2/c1-2-3-4-5-6-7-8-9-10-11-12-13-14-15-16-17-18-19-20(21)22/h9-10,12-13,15-16H,2-8,11,14,17-19H2,1H3,(H,21,22)/b10-9-,13-12-,16-15-. The highest BCUT2D eigenvalue weighted by Crippen LogP contribution is 2.07. The van der Waals surface area contributed by atoms with Crippen molar-refractivity contribution >= 4 is 5.97 Å². The van der Waals surface area contributed by atoms with Crippen LogP contribution in [0.15, 0.2) is 36.5 Å². The molecule has 0 fully saturated rings. The molecule has 0 unspecified atom stereocenters. The largest absolute Gasteiger partial charge is 0.481 e. The lowest BCUT2D eigenvalue weighted by Crippen LogP contribution is -1.92. The molecule has 0 aliphatic heterocycles. The van der Waals surface area contributed by atoms with Gasteiger partial charge in [0, 0.05) is 6.42 Å². The second kappa shape index (κ2) is 17.7. The van der Waals surface area contributed by atoms with Crippen LogP contribution in [0.3, 0.4) is 0 Å². The fourth-order valence-electron chi connectivity index (χ4n) is 2.19. The number of allylic oxidation sites excluding steroid dienone is 6. The normalized spacial score (nSPS) is 12.0. The Balaban J connectivity index is 3.30. The maximum atomic E-state index is 10.3. The van der Waals surface area contributed by atoms with E-state index < -0.39 is 5.97 Å². The topological polar surface area (TPSA) is 37.3 Å². The molecular formula is C20H34O2. The summed E-state index contributed by atoms with van der Waals surface area (Å²) in [7, 11) is 0. The molecule has 0 radical (unpaired) electrons. The third kappa shape index (κ3) is 18.7. The van der Waals surface area contributed by atoms with Crippen molar-refractivity contribution in [3.63, 3.8) is 0 Å². The summed E-state index contributed by atoms with van der Waals surface area (Å²) in [6, 6.07) is 0. The number of hydrogen-bond acceptors (Lipinski definition) is 1. The Morgan fingerprint density at radius 3 is 1.82 bits per heavy atom. The maximum Gasteiger partial charge on any atom is 0.303 e. The van der Waals surface area contributed by atoms with E-state index >= 15 is 0 Å². The van der Waals surface area contributed by atoms with Gasteiger partial charge >= 0.3 is 5.97 Å². The number of carbonyl (C=O) groups is 1. The Bertz CT molecular complexity index is 327. The van der Waals surface area contributed by atoms with E-state index in [0.29, 0.717) is 0 Å². The summed E-state index contributed by atoms with van der Waals surface area (Å²) in [6.45, 7) is 2.26. The van der Waals surface area contributed by atoms with Crippen molar-refractivity contribution in [1.82, 2.24) is 0 Å². The SMILES string of the molecule is CCCCCCCC/C=C\C/C=C\C/C=C\CCCC(=O)O. The predicted octanol–water partition coefficient (Wildman–Crippen LogP) is 6.44. The molecule has 0 rings (SSSR count). The van der Waals surface area contributed by atoms with Crippen molar-refractivity contribution in [1.29, 1.82) is 0 Å². The van der Waals surface area contributed by atoms with E-state index in [2.05, 4.69) is 43.4 Å². The van der Waals surface area contributed by atoms with E-state index in [1.54, 1.807) is 0 Å². The smallest absolute Gasteiger partial charge is 0.303 e. The van der Waals surface area contributed by atoms with Gasteiger partial charge in [0.2, 0.25) is 0 Å². The average Bonchev–Trinajstić information content (AvgIpc) is 2.50. The highest BCUT2D eigenvalue weighted by molar-refractivity contribution is 5.66. The third-order valence-electron chi connectivity index (χ3n) is 3.53. The van der Waals surface area contributed by atoms with E-state index in [1.165, 1.54) is 44.9 Å². The molecule has 0 saturated carbocycles. The Morgan fingerprint density at radius 2 is 1.23 bits per heavy atom. The Morgan fingerprint density at radius 1 is 0.727 bits per heavy atom. The van der Waals surface area contributed by atoms with Gasteiger partial charge in [-0.05, 0) is 38.5 Å². The van der Waals surface area contributed by atoms with Crippen molar-refractivity contribution in [3.8, 4) is 0 Å². The zero-order valence-electron chi connectivity index (χ0n) is 14.3. The zero-order chi connectivity index (χ0) is 16.3. The number of carboxylic acid groups (broad SMARTS) is 1. The fraction of sp³-hybridized carbons (Fsp3) is 0.650. The molecule has 0 heterocycles. The van der Waals surface area contributed by atoms with Gasteiger partial charge in [-0.3, -0.25) is 4.79 Å². The summed E-state index contributed by atoms with van der Waals surface area (Å²) < 4.78 is 0. The highest BCUT2D eigenvalue weighted by atomic mass is 16.4. The van der Waals surface area contributed by atoms with Gasteiger partial charge in [0.25, 0.3) is 0 Å². The lowest BCUT2D eigenvalue weighted by molar-refractivity contribution is -0.137. The lowest BCUT2D eigenvalue weighted by atomic mass is 10.1. The first-order valence-corrected chi connectivity index (χ1v) is 8.94. The van der Waals surface area contributed by atoms with Gasteiger partial charge in [0.1, 0.15) is 0 Å². The molecule has 0 aromatic rings. The molecule has 2 heteroatoms. The van der Waals surface area contributed by atoms with Crippen LogP contribution in [0.25, 0.3) is 0 Å². The number of rotatable bonds is 15. The Kier molecular flexibility index (Phi) is 16.7. The minimum Gasteiger partial charge on any atom is -0.481 e. The Hall–Kier alpha value is -1.31. The molecular weight excluding hydrogens is 272 g/mol. The van der Waals surface area contributed by atoms with Crippen LogP contribution in [-0.2, 0) is 4.79 Å². The molecule has 126 valence electrons. The van der Waals surface area contributed by atoms with Gasteiger partial charge in [0.15, 0.2) is 0 Å². The van der Waals surface area contributed by atoms with Crippen LogP contribution in [0.1, 0.15) is 84.0 Å². The first-order valence-electron chi connectivity index (χ1n) is 8.94. The van der Waals surface area contributed by atoms with Crippen molar-refractivity contribution < 1.29 is 9.90 Å². The number of hydrogen-bond donors (Lipinski definition) is 1. The average molecular weight is 306 g/mol. The molecule has 0 aromatic heterocycles. The second-order valence-corrected chi connectivity index (χ2v) is 5.73. The number of aliphatic carboxylic acids is 1. The van der Waals surface area contributed by atoms with Crippen molar-refractivity contribution in [3.05, 3.63) is 36.5 Å². The summed E-state index contributed by atoms with van der Waals surface area (Å²) in [6.07, 6.45) is 26.3. The summed E-state index contributed by atoms with van der Waals surface area (Å²) >= 11 is 0. The molecule has 0 amide bonds. The van der Waals surface area contributed by atoms with Crippen LogP contribution in [0, 0.1) is 0 Å². The van der Waals surface area contributed by atoms with Gasteiger partial charge in [0.05, 0.1) is 0 Å². The first kappa shape index (κ1) is 20.7. The maximum absolute atomic E-state index is 10.3. The van der Waals surface area contributed by atoms with Crippen molar-refractivity contribution in [2.45, 2.75) is 84.0 Å². The molecule has 0 saturated heterocycles. The summed E-state index contributed by atoms with van der Waals surface area (Å²) in [5, 5.41) is 8.50. The highest BCUT2D eigenvalue weighted by Gasteiger charge is 1.92. The lowest BCUT2D eigenvalue weighted by Gasteiger charge is -1.97. The van der Waals surface area contributed by atoms with Crippen LogP contribution in [0.5, 0.6) is 0 Å². The fourth-order valence-corrected chi connectivity index (χ4v) is 2.19. The van der Waals surface area contributed by atoms with E-state index in [1.807, 2.05) is 0 Å². The molecule has 0 bridgehead atoms. The predicted molar refractivity (Wildman–Crippen MR) is 96.1 cm³/mol. The minimum absolute atomic E-state index is 0.267. The molecule has 22 heavy (non-hydrogen) atoms. The number of unbranched alkanes of at least 4 members (excludes halogenated alkanes) is 7. The number of carboxylic acids is 1. The van der Waals surface area contributed by atoms with Gasteiger partial charge in [-0.15, -0.1) is 0 Å². The summed E-state index contributed by atoms with van der Waals surface area (Å²) in [4.78, 5) is 10.3. The molecule has 0 atom stereocenters. The molecule has 2 nitrogen and oxygen atoms in total. The van der Waals surface area contributed by atoms with Crippen LogP contribution < -0.4 is 0 Å². The van der Waals surface area contributed by atoms with Gasteiger partial charge in [-0.2, -0.15) is 0 Å². The van der Waals surface area contributed by atoms with Crippen molar-refractivity contribution in [2.75, 3.05) is 0 Å². The first-order chi connectivity index (χ1) is 10.8. The van der Waals surface area contributed by atoms with Crippen LogP contribution in [0.4, 0.5) is 0 Å². The molecule has 0 aliphatic rings. The second-order valence-electron chi connectivity index (χ2n) is 5.73. The van der Waals surface area contributed by atoms with E-state index in [9.17, 15) is 4.79 Å². The van der Waals surface area contributed by atoms with E-state index in [0.717, 1.165) is 25.7 Å². The van der Waals surface area contributed by atoms with E-state index in [4.69, 9.17) is 5.11 Å². The van der Waals surface area contributed by atoms with Crippen LogP contribution in [0.2, 0.25) is 0 Å². The summed E-state index contributed by atoms with van der Waals surface area (Å²) in [5.74, 6) is -0.707. The minimum atomic E-state index is -0.707. The van der Waals surface area contributed by atoms with Gasteiger partial charge in [-0.25, -0.2) is 0 Å². The molecule has 0 spiro atoms. The summed E-state index contributed by atoms with van der Waals surface area (Å²) in [5.41, 5.74) is 0. The van der Waals surface area contributed by atoms with Gasteiger partial charge < -0.3 is 5.11 Å². The molecule has 0 aliphatic carbocycles. The quantitative estimate of drug-likeness (QED) is 0.279. The van der Waals surface area contributed by atoms with Crippen molar-refractivity contribution in [2.24, 2.45) is 0 Å². The van der Waals surface area contributed by atoms with Gasteiger partial charge in [-0.1, -0.05) is 75.5 Å². The molecule has 0 aromatic carbocycles. The monoisotopic (exact) mass is 306 g/mol. The van der Waals surface area contributed by atoms with E-state index in [-0.39, 0.29) is 6.42 Å². The van der Waals surface area contributed by atoms with Crippen LogP contribution in [-0.4, -0.2) is 11.1 Å².